The third-order valence-corrected chi connectivity index (χ3v) is 3.77. The van der Waals surface area contributed by atoms with Gasteiger partial charge in [-0.3, -0.25) is 14.9 Å². The zero-order valence-corrected chi connectivity index (χ0v) is 12.4. The molecule has 0 aliphatic heterocycles. The first kappa shape index (κ1) is 13.4. The second-order valence-electron chi connectivity index (χ2n) is 5.31. The van der Waals surface area contributed by atoms with E-state index in [2.05, 4.69) is 25.5 Å². The summed E-state index contributed by atoms with van der Waals surface area (Å²) in [7, 11) is 0. The number of fused-ring (bicyclic) bond motifs is 2. The Hall–Kier alpha value is -3.28. The molecule has 0 unspecified atom stereocenters. The summed E-state index contributed by atoms with van der Waals surface area (Å²) in [5.41, 5.74) is 2.70. The normalized spacial score (nSPS) is 11.0. The molecule has 0 atom stereocenters. The van der Waals surface area contributed by atoms with Crippen molar-refractivity contribution in [1.29, 1.82) is 0 Å². The number of carbonyl (C=O) groups excluding carboxylic acids is 1. The predicted molar refractivity (Wildman–Crippen MR) is 88.3 cm³/mol. The number of hydrogen-bond acceptors (Lipinski definition) is 4. The molecule has 0 aliphatic carbocycles. The van der Waals surface area contributed by atoms with E-state index in [1.54, 1.807) is 18.6 Å². The minimum Gasteiger partial charge on any atom is -0.320 e. The van der Waals surface area contributed by atoms with Crippen LogP contribution in [0.4, 0.5) is 5.69 Å². The molecule has 0 spiro atoms. The van der Waals surface area contributed by atoms with Crippen LogP contribution in [0.3, 0.4) is 0 Å². The van der Waals surface area contributed by atoms with Gasteiger partial charge < -0.3 is 5.32 Å². The maximum absolute atomic E-state index is 12.6. The van der Waals surface area contributed by atoms with Crippen molar-refractivity contribution in [2.24, 2.45) is 0 Å². The molecule has 3 heterocycles. The van der Waals surface area contributed by atoms with Gasteiger partial charge in [0.25, 0.3) is 5.91 Å². The summed E-state index contributed by atoms with van der Waals surface area (Å²) in [5.74, 6) is -0.211. The van der Waals surface area contributed by atoms with Crippen LogP contribution >= 0.6 is 0 Å². The number of hydrogen-bond donors (Lipinski definition) is 2. The molecule has 4 rings (SSSR count). The Labute approximate surface area is 131 Å². The zero-order valence-electron chi connectivity index (χ0n) is 12.4. The van der Waals surface area contributed by atoms with E-state index >= 15 is 0 Å². The number of pyridine rings is 2. The SMILES string of the molecule is Cc1[nH]nc2ncc(NC(=O)c3cncc4ccccc34)cc12. The fourth-order valence-corrected chi connectivity index (χ4v) is 2.58. The second kappa shape index (κ2) is 5.17. The maximum atomic E-state index is 12.6. The molecule has 0 radical (unpaired) electrons. The van der Waals surface area contributed by atoms with Crippen molar-refractivity contribution in [3.8, 4) is 0 Å². The van der Waals surface area contributed by atoms with Crippen molar-refractivity contribution >= 4 is 33.4 Å². The van der Waals surface area contributed by atoms with Gasteiger partial charge in [-0.25, -0.2) is 4.98 Å². The molecule has 6 nitrogen and oxygen atoms in total. The molecule has 0 saturated heterocycles. The van der Waals surface area contributed by atoms with Gasteiger partial charge in [0.05, 0.1) is 17.4 Å². The second-order valence-corrected chi connectivity index (χ2v) is 5.31. The molecule has 3 aromatic heterocycles. The van der Waals surface area contributed by atoms with E-state index in [4.69, 9.17) is 0 Å². The molecule has 23 heavy (non-hydrogen) atoms. The molecule has 0 fully saturated rings. The highest BCUT2D eigenvalue weighted by molar-refractivity contribution is 6.12. The number of aromatic nitrogens is 4. The van der Waals surface area contributed by atoms with Crippen LogP contribution in [0.15, 0.2) is 48.9 Å². The molecule has 0 bridgehead atoms. The van der Waals surface area contributed by atoms with Crippen molar-refractivity contribution in [2.75, 3.05) is 5.32 Å². The zero-order chi connectivity index (χ0) is 15.8. The minimum absolute atomic E-state index is 0.211. The summed E-state index contributed by atoms with van der Waals surface area (Å²) in [6.45, 7) is 1.91. The van der Waals surface area contributed by atoms with Gasteiger partial charge in [-0.15, -0.1) is 0 Å². The molecule has 1 aromatic carbocycles. The lowest BCUT2D eigenvalue weighted by atomic mass is 10.1. The summed E-state index contributed by atoms with van der Waals surface area (Å²) in [6, 6.07) is 9.53. The lowest BCUT2D eigenvalue weighted by Gasteiger charge is -2.07. The fourth-order valence-electron chi connectivity index (χ4n) is 2.58. The Balaban J connectivity index is 1.72. The summed E-state index contributed by atoms with van der Waals surface area (Å²) < 4.78 is 0. The number of aromatic amines is 1. The van der Waals surface area contributed by atoms with E-state index in [1.165, 1.54) is 0 Å². The number of benzene rings is 1. The van der Waals surface area contributed by atoms with Crippen LogP contribution in [0, 0.1) is 6.92 Å². The number of aryl methyl sites for hydroxylation is 1. The summed E-state index contributed by atoms with van der Waals surface area (Å²) in [6.07, 6.45) is 4.92. The van der Waals surface area contributed by atoms with E-state index in [-0.39, 0.29) is 5.91 Å². The Kier molecular flexibility index (Phi) is 3.01. The predicted octanol–water partition coefficient (Wildman–Crippen LogP) is 3.07. The number of nitrogens with zero attached hydrogens (tertiary/aromatic N) is 3. The van der Waals surface area contributed by atoms with E-state index in [0.29, 0.717) is 16.9 Å². The van der Waals surface area contributed by atoms with Gasteiger partial charge >= 0.3 is 0 Å². The van der Waals surface area contributed by atoms with Crippen molar-refractivity contribution < 1.29 is 4.79 Å². The van der Waals surface area contributed by atoms with Crippen molar-refractivity contribution in [2.45, 2.75) is 6.92 Å². The lowest BCUT2D eigenvalue weighted by molar-refractivity contribution is 0.102. The average molecular weight is 303 g/mol. The van der Waals surface area contributed by atoms with Gasteiger partial charge in [0.2, 0.25) is 0 Å². The van der Waals surface area contributed by atoms with Gasteiger partial charge in [0.15, 0.2) is 5.65 Å². The highest BCUT2D eigenvalue weighted by Crippen LogP contribution is 2.21. The summed E-state index contributed by atoms with van der Waals surface area (Å²) in [4.78, 5) is 21.0. The van der Waals surface area contributed by atoms with Crippen LogP contribution in [0.2, 0.25) is 0 Å². The van der Waals surface area contributed by atoms with E-state index in [9.17, 15) is 4.79 Å². The number of carbonyl (C=O) groups is 1. The maximum Gasteiger partial charge on any atom is 0.257 e. The summed E-state index contributed by atoms with van der Waals surface area (Å²) in [5, 5.41) is 12.5. The van der Waals surface area contributed by atoms with Crippen LogP contribution < -0.4 is 5.32 Å². The van der Waals surface area contributed by atoms with Gasteiger partial charge in [0.1, 0.15) is 0 Å². The monoisotopic (exact) mass is 303 g/mol. The van der Waals surface area contributed by atoms with Crippen LogP contribution in [-0.4, -0.2) is 26.1 Å². The molecule has 4 aromatic rings. The Morgan fingerprint density at radius 3 is 2.91 bits per heavy atom. The molecular formula is C17H13N5O. The number of amides is 1. The number of anilines is 1. The van der Waals surface area contributed by atoms with Crippen molar-refractivity contribution in [1.82, 2.24) is 20.2 Å². The first-order valence-electron chi connectivity index (χ1n) is 7.17. The van der Waals surface area contributed by atoms with E-state index in [1.807, 2.05) is 37.3 Å². The molecule has 0 aliphatic rings. The fraction of sp³-hybridized carbons (Fsp3) is 0.0588. The molecular weight excluding hydrogens is 290 g/mol. The standard InChI is InChI=1S/C17H13N5O/c1-10-14-6-12(8-19-16(14)22-21-10)20-17(23)15-9-18-7-11-4-2-3-5-13(11)15/h2-9H,1H3,(H,20,23)(H,19,21,22). The van der Waals surface area contributed by atoms with Crippen molar-refractivity contribution in [3.63, 3.8) is 0 Å². The number of H-pyrrole nitrogens is 1. The van der Waals surface area contributed by atoms with Gasteiger partial charge in [-0.05, 0) is 18.4 Å². The first-order valence-corrected chi connectivity index (χ1v) is 7.17. The molecule has 6 heteroatoms. The third kappa shape index (κ3) is 2.30. The molecule has 2 N–H and O–H groups in total. The molecule has 0 saturated carbocycles. The van der Waals surface area contributed by atoms with E-state index < -0.39 is 0 Å². The quantitative estimate of drug-likeness (QED) is 0.596. The topological polar surface area (TPSA) is 83.6 Å². The van der Waals surface area contributed by atoms with E-state index in [0.717, 1.165) is 21.9 Å². The highest BCUT2D eigenvalue weighted by Gasteiger charge is 2.12. The van der Waals surface area contributed by atoms with Gasteiger partial charge in [0, 0.05) is 28.9 Å². The lowest BCUT2D eigenvalue weighted by Crippen LogP contribution is -2.13. The Morgan fingerprint density at radius 1 is 1.13 bits per heavy atom. The van der Waals surface area contributed by atoms with Crippen LogP contribution in [0.1, 0.15) is 16.1 Å². The third-order valence-electron chi connectivity index (χ3n) is 3.77. The van der Waals surface area contributed by atoms with Crippen molar-refractivity contribution in [3.05, 3.63) is 60.2 Å². The smallest absolute Gasteiger partial charge is 0.257 e. The average Bonchev–Trinajstić information content (AvgIpc) is 2.95. The number of rotatable bonds is 2. The van der Waals surface area contributed by atoms with Crippen LogP contribution in [0.5, 0.6) is 0 Å². The van der Waals surface area contributed by atoms with Gasteiger partial charge in [-0.1, -0.05) is 24.3 Å². The largest absolute Gasteiger partial charge is 0.320 e. The molecule has 1 amide bonds. The first-order chi connectivity index (χ1) is 11.2. The minimum atomic E-state index is -0.211. The highest BCUT2D eigenvalue weighted by atomic mass is 16.1. The van der Waals surface area contributed by atoms with Crippen LogP contribution in [-0.2, 0) is 0 Å². The Bertz CT molecular complexity index is 1030. The number of nitrogens with one attached hydrogen (secondary N) is 2. The Morgan fingerprint density at radius 2 is 2.00 bits per heavy atom. The molecule has 112 valence electrons. The van der Waals surface area contributed by atoms with Crippen LogP contribution in [0.25, 0.3) is 21.8 Å². The van der Waals surface area contributed by atoms with Gasteiger partial charge in [-0.2, -0.15) is 5.10 Å². The summed E-state index contributed by atoms with van der Waals surface area (Å²) >= 11 is 0.